The minimum atomic E-state index is -0.429. The lowest BCUT2D eigenvalue weighted by Gasteiger charge is -2.11. The molecule has 27 heavy (non-hydrogen) atoms. The number of rotatable bonds is 4. The Labute approximate surface area is 156 Å². The van der Waals surface area contributed by atoms with Crippen LogP contribution in [0.1, 0.15) is 65.1 Å². The normalized spacial score (nSPS) is 13.7. The van der Waals surface area contributed by atoms with Crippen LogP contribution in [0.15, 0.2) is 36.8 Å². The SMILES string of the molecule is CC(C)n1ncc2c(C(=O)NNC(=O)c3cccnc3)cc(C3CC3)nc21. The number of aromatic nitrogens is 4. The Bertz CT molecular complexity index is 1010. The number of carbonyl (C=O) groups is 2. The van der Waals surface area contributed by atoms with Gasteiger partial charge in [-0.1, -0.05) is 0 Å². The van der Waals surface area contributed by atoms with Crippen molar-refractivity contribution in [1.29, 1.82) is 0 Å². The number of fused-ring (bicyclic) bond motifs is 1. The Morgan fingerprint density at radius 3 is 2.63 bits per heavy atom. The highest BCUT2D eigenvalue weighted by Crippen LogP contribution is 2.40. The fourth-order valence-electron chi connectivity index (χ4n) is 2.94. The van der Waals surface area contributed by atoms with Gasteiger partial charge >= 0.3 is 0 Å². The van der Waals surface area contributed by atoms with Crippen molar-refractivity contribution in [3.8, 4) is 0 Å². The number of hydrazine groups is 1. The molecular formula is C19H20N6O2. The standard InChI is InChI=1S/C19H20N6O2/c1-11(2)25-17-15(10-21-25)14(8-16(22-17)12-5-6-12)19(27)24-23-18(26)13-4-3-7-20-9-13/h3-4,7-12H,5-6H2,1-2H3,(H,23,26)(H,24,27). The van der Waals surface area contributed by atoms with Gasteiger partial charge < -0.3 is 0 Å². The Morgan fingerprint density at radius 2 is 1.96 bits per heavy atom. The minimum absolute atomic E-state index is 0.130. The van der Waals surface area contributed by atoms with Crippen molar-refractivity contribution in [2.24, 2.45) is 0 Å². The molecule has 3 heterocycles. The molecule has 3 aromatic rings. The summed E-state index contributed by atoms with van der Waals surface area (Å²) in [4.78, 5) is 33.5. The Hall–Kier alpha value is -3.29. The van der Waals surface area contributed by atoms with Gasteiger partial charge in [-0.2, -0.15) is 5.10 Å². The average molecular weight is 364 g/mol. The van der Waals surface area contributed by atoms with Crippen molar-refractivity contribution in [3.05, 3.63) is 53.6 Å². The number of hydrogen-bond donors (Lipinski definition) is 2. The molecule has 2 amide bonds. The van der Waals surface area contributed by atoms with Gasteiger partial charge in [-0.3, -0.25) is 25.4 Å². The van der Waals surface area contributed by atoms with E-state index in [1.54, 1.807) is 30.6 Å². The van der Waals surface area contributed by atoms with Gasteiger partial charge in [0.25, 0.3) is 11.8 Å². The zero-order chi connectivity index (χ0) is 19.0. The van der Waals surface area contributed by atoms with Crippen LogP contribution in [-0.2, 0) is 0 Å². The molecule has 0 atom stereocenters. The molecule has 1 fully saturated rings. The topological polar surface area (TPSA) is 102 Å². The van der Waals surface area contributed by atoms with Crippen LogP contribution >= 0.6 is 0 Å². The first-order valence-corrected chi connectivity index (χ1v) is 8.93. The second kappa shape index (κ2) is 6.79. The summed E-state index contributed by atoms with van der Waals surface area (Å²) in [6, 6.07) is 5.21. The van der Waals surface area contributed by atoms with Crippen molar-refractivity contribution < 1.29 is 9.59 Å². The smallest absolute Gasteiger partial charge is 0.267 e. The molecule has 0 bridgehead atoms. The van der Waals surface area contributed by atoms with Crippen LogP contribution in [-0.4, -0.2) is 31.6 Å². The third-order valence-corrected chi connectivity index (χ3v) is 4.53. The van der Waals surface area contributed by atoms with Crippen LogP contribution < -0.4 is 10.9 Å². The Morgan fingerprint density at radius 1 is 1.19 bits per heavy atom. The third-order valence-electron chi connectivity index (χ3n) is 4.53. The van der Waals surface area contributed by atoms with E-state index in [4.69, 9.17) is 4.98 Å². The van der Waals surface area contributed by atoms with Crippen LogP contribution in [0.4, 0.5) is 0 Å². The van der Waals surface area contributed by atoms with Crippen LogP contribution in [0.25, 0.3) is 11.0 Å². The van der Waals surface area contributed by atoms with Gasteiger partial charge in [-0.15, -0.1) is 0 Å². The van der Waals surface area contributed by atoms with Gasteiger partial charge in [-0.05, 0) is 44.9 Å². The van der Waals surface area contributed by atoms with E-state index >= 15 is 0 Å². The molecule has 2 N–H and O–H groups in total. The summed E-state index contributed by atoms with van der Waals surface area (Å²) in [5.74, 6) is -0.437. The van der Waals surface area contributed by atoms with Crippen LogP contribution in [0.5, 0.6) is 0 Å². The first-order valence-electron chi connectivity index (χ1n) is 8.93. The predicted molar refractivity (Wildman–Crippen MR) is 99.1 cm³/mol. The lowest BCUT2D eigenvalue weighted by molar-refractivity contribution is 0.0847. The number of hydrogen-bond acceptors (Lipinski definition) is 5. The molecule has 1 aliphatic carbocycles. The zero-order valence-electron chi connectivity index (χ0n) is 15.1. The molecule has 0 spiro atoms. The molecule has 4 rings (SSSR count). The van der Waals surface area contributed by atoms with Crippen LogP contribution in [0, 0.1) is 0 Å². The summed E-state index contributed by atoms with van der Waals surface area (Å²) in [5, 5.41) is 5.05. The highest BCUT2D eigenvalue weighted by molar-refractivity contribution is 6.06. The van der Waals surface area contributed by atoms with Crippen LogP contribution in [0.2, 0.25) is 0 Å². The lowest BCUT2D eigenvalue weighted by Crippen LogP contribution is -2.41. The van der Waals surface area contributed by atoms with Gasteiger partial charge in [-0.25, -0.2) is 9.67 Å². The fourth-order valence-corrected chi connectivity index (χ4v) is 2.94. The summed E-state index contributed by atoms with van der Waals surface area (Å²) in [6.45, 7) is 4.04. The van der Waals surface area contributed by atoms with E-state index in [0.29, 0.717) is 28.1 Å². The van der Waals surface area contributed by atoms with Crippen molar-refractivity contribution >= 4 is 22.8 Å². The van der Waals surface area contributed by atoms with Gasteiger partial charge in [0.15, 0.2) is 5.65 Å². The number of pyridine rings is 2. The summed E-state index contributed by atoms with van der Waals surface area (Å²) >= 11 is 0. The van der Waals surface area contributed by atoms with E-state index in [1.807, 2.05) is 18.5 Å². The summed E-state index contributed by atoms with van der Waals surface area (Å²) in [6.07, 6.45) is 6.82. The van der Waals surface area contributed by atoms with E-state index < -0.39 is 11.8 Å². The quantitative estimate of drug-likeness (QED) is 0.692. The van der Waals surface area contributed by atoms with Gasteiger partial charge in [0.1, 0.15) is 0 Å². The molecule has 0 radical (unpaired) electrons. The van der Waals surface area contributed by atoms with Crippen molar-refractivity contribution in [2.75, 3.05) is 0 Å². The molecule has 3 aromatic heterocycles. The molecule has 1 saturated carbocycles. The van der Waals surface area contributed by atoms with E-state index in [9.17, 15) is 9.59 Å². The predicted octanol–water partition coefficient (Wildman–Crippen LogP) is 2.36. The number of carbonyl (C=O) groups excluding carboxylic acids is 2. The molecule has 0 aliphatic heterocycles. The summed E-state index contributed by atoms with van der Waals surface area (Å²) in [7, 11) is 0. The zero-order valence-corrected chi connectivity index (χ0v) is 15.1. The molecule has 8 heteroatoms. The molecule has 0 saturated heterocycles. The fraction of sp³-hybridized carbons (Fsp3) is 0.316. The second-order valence-electron chi connectivity index (χ2n) is 6.94. The average Bonchev–Trinajstić information content (AvgIpc) is 3.44. The van der Waals surface area contributed by atoms with E-state index in [-0.39, 0.29) is 6.04 Å². The first kappa shape index (κ1) is 17.1. The van der Waals surface area contributed by atoms with Gasteiger partial charge in [0, 0.05) is 30.0 Å². The van der Waals surface area contributed by atoms with Crippen molar-refractivity contribution in [3.63, 3.8) is 0 Å². The van der Waals surface area contributed by atoms with Crippen LogP contribution in [0.3, 0.4) is 0 Å². The van der Waals surface area contributed by atoms with Gasteiger partial charge in [0.2, 0.25) is 0 Å². The summed E-state index contributed by atoms with van der Waals surface area (Å²) < 4.78 is 1.81. The largest absolute Gasteiger partial charge is 0.271 e. The first-order chi connectivity index (χ1) is 13.0. The molecule has 8 nitrogen and oxygen atoms in total. The van der Waals surface area contributed by atoms with E-state index in [1.165, 1.54) is 6.20 Å². The maximum atomic E-state index is 12.8. The highest BCUT2D eigenvalue weighted by Gasteiger charge is 2.28. The van der Waals surface area contributed by atoms with E-state index in [2.05, 4.69) is 20.9 Å². The molecule has 1 aliphatic rings. The minimum Gasteiger partial charge on any atom is -0.267 e. The molecular weight excluding hydrogens is 344 g/mol. The third kappa shape index (κ3) is 3.38. The molecule has 0 unspecified atom stereocenters. The maximum absolute atomic E-state index is 12.8. The molecule has 138 valence electrons. The maximum Gasteiger partial charge on any atom is 0.271 e. The van der Waals surface area contributed by atoms with E-state index in [0.717, 1.165) is 18.5 Å². The Kier molecular flexibility index (Phi) is 4.31. The van der Waals surface area contributed by atoms with Crippen molar-refractivity contribution in [1.82, 2.24) is 30.6 Å². The number of nitrogens with one attached hydrogen (secondary N) is 2. The Balaban J connectivity index is 1.62. The lowest BCUT2D eigenvalue weighted by atomic mass is 10.1. The highest BCUT2D eigenvalue weighted by atomic mass is 16.2. The second-order valence-corrected chi connectivity index (χ2v) is 6.94. The number of nitrogens with zero attached hydrogens (tertiary/aromatic N) is 4. The summed E-state index contributed by atoms with van der Waals surface area (Å²) in [5.41, 5.74) is 7.33. The monoisotopic (exact) mass is 364 g/mol. The van der Waals surface area contributed by atoms with Crippen molar-refractivity contribution in [2.45, 2.75) is 38.6 Å². The molecule has 0 aromatic carbocycles. The van der Waals surface area contributed by atoms with Gasteiger partial charge in [0.05, 0.1) is 22.7 Å². The number of amides is 2.